The molecule has 0 rings (SSSR count). The van der Waals surface area contributed by atoms with Crippen LogP contribution < -0.4 is 0 Å². The molecule has 1 nitrogen and oxygen atoms in total. The number of hydrogen-bond donors (Lipinski definition) is 0. The van der Waals surface area contributed by atoms with E-state index >= 15 is 0 Å². The SMILES string of the molecule is C/C=C/C=C/C(=O)/C=C/C. The first-order valence-electron chi connectivity index (χ1n) is 3.27. The van der Waals surface area contributed by atoms with E-state index in [0.29, 0.717) is 0 Å². The molecule has 0 atom stereocenters. The summed E-state index contributed by atoms with van der Waals surface area (Å²) in [7, 11) is 0. The van der Waals surface area contributed by atoms with Crippen molar-refractivity contribution in [1.29, 1.82) is 0 Å². The van der Waals surface area contributed by atoms with Crippen molar-refractivity contribution in [2.45, 2.75) is 13.8 Å². The third-order valence-electron chi connectivity index (χ3n) is 0.895. The smallest absolute Gasteiger partial charge is 0.178 e. The van der Waals surface area contributed by atoms with E-state index in [-0.39, 0.29) is 5.78 Å². The van der Waals surface area contributed by atoms with Crippen molar-refractivity contribution in [2.24, 2.45) is 0 Å². The van der Waals surface area contributed by atoms with Crippen molar-refractivity contribution < 1.29 is 4.79 Å². The maximum atomic E-state index is 10.7. The summed E-state index contributed by atoms with van der Waals surface area (Å²) in [4.78, 5) is 10.7. The van der Waals surface area contributed by atoms with Crippen molar-refractivity contribution in [1.82, 2.24) is 0 Å². The summed E-state index contributed by atoms with van der Waals surface area (Å²) >= 11 is 0. The van der Waals surface area contributed by atoms with Gasteiger partial charge in [0, 0.05) is 0 Å². The average Bonchev–Trinajstić information content (AvgIpc) is 1.89. The van der Waals surface area contributed by atoms with Gasteiger partial charge in [0.05, 0.1) is 0 Å². The predicted molar refractivity (Wildman–Crippen MR) is 43.8 cm³/mol. The number of allylic oxidation sites excluding steroid dienone is 6. The highest BCUT2D eigenvalue weighted by atomic mass is 16.1. The molecule has 0 bridgehead atoms. The Bertz CT molecular complexity index is 173. The lowest BCUT2D eigenvalue weighted by molar-refractivity contribution is -0.110. The Hall–Kier alpha value is -1.11. The summed E-state index contributed by atoms with van der Waals surface area (Å²) in [6, 6.07) is 0. The summed E-state index contributed by atoms with van der Waals surface area (Å²) in [5.74, 6) is 0.0283. The first-order valence-corrected chi connectivity index (χ1v) is 3.27. The van der Waals surface area contributed by atoms with Gasteiger partial charge >= 0.3 is 0 Å². The monoisotopic (exact) mass is 136 g/mol. The van der Waals surface area contributed by atoms with Gasteiger partial charge in [0.1, 0.15) is 0 Å². The van der Waals surface area contributed by atoms with Crippen molar-refractivity contribution >= 4 is 5.78 Å². The highest BCUT2D eigenvalue weighted by Gasteiger charge is 1.81. The van der Waals surface area contributed by atoms with Crippen molar-refractivity contribution in [2.75, 3.05) is 0 Å². The summed E-state index contributed by atoms with van der Waals surface area (Å²) < 4.78 is 0. The molecule has 0 aromatic heterocycles. The highest BCUT2D eigenvalue weighted by Crippen LogP contribution is 1.81. The number of carbonyl (C=O) groups is 1. The van der Waals surface area contributed by atoms with Gasteiger partial charge in [-0.15, -0.1) is 0 Å². The molecule has 0 amide bonds. The van der Waals surface area contributed by atoms with Crippen LogP contribution in [0.5, 0.6) is 0 Å². The number of rotatable bonds is 3. The fraction of sp³-hybridized carbons (Fsp3) is 0.222. The third kappa shape index (κ3) is 5.04. The molecule has 0 aliphatic rings. The van der Waals surface area contributed by atoms with E-state index in [4.69, 9.17) is 0 Å². The van der Waals surface area contributed by atoms with Crippen LogP contribution >= 0.6 is 0 Å². The minimum absolute atomic E-state index is 0.0283. The maximum absolute atomic E-state index is 10.7. The number of carbonyl (C=O) groups excluding carboxylic acids is 1. The molecule has 0 radical (unpaired) electrons. The second-order valence-electron chi connectivity index (χ2n) is 1.79. The molecule has 0 spiro atoms. The lowest BCUT2D eigenvalue weighted by atomic mass is 10.3. The number of hydrogen-bond acceptors (Lipinski definition) is 1. The van der Waals surface area contributed by atoms with E-state index in [0.717, 1.165) is 0 Å². The molecule has 54 valence electrons. The molecule has 0 heterocycles. The van der Waals surface area contributed by atoms with Crippen LogP contribution in [0.15, 0.2) is 36.5 Å². The van der Waals surface area contributed by atoms with E-state index in [1.807, 2.05) is 26.0 Å². The standard InChI is InChI=1S/C9H12O/c1-3-5-6-8-9(10)7-4-2/h3-8H,1-2H3/b5-3+,7-4+,8-6+. The molecule has 0 aromatic carbocycles. The molecule has 0 aromatic rings. The van der Waals surface area contributed by atoms with Crippen molar-refractivity contribution in [3.63, 3.8) is 0 Å². The lowest BCUT2D eigenvalue weighted by Gasteiger charge is -1.77. The molecular weight excluding hydrogens is 124 g/mol. The summed E-state index contributed by atoms with van der Waals surface area (Å²) in [5, 5.41) is 0. The largest absolute Gasteiger partial charge is 0.290 e. The quantitative estimate of drug-likeness (QED) is 0.429. The van der Waals surface area contributed by atoms with Gasteiger partial charge in [0.2, 0.25) is 0 Å². The van der Waals surface area contributed by atoms with Crippen molar-refractivity contribution in [3.8, 4) is 0 Å². The van der Waals surface area contributed by atoms with Crippen molar-refractivity contribution in [3.05, 3.63) is 36.5 Å². The Balaban J connectivity index is 3.78. The highest BCUT2D eigenvalue weighted by molar-refractivity contribution is 5.99. The molecule has 0 aliphatic carbocycles. The van der Waals surface area contributed by atoms with Gasteiger partial charge in [-0.2, -0.15) is 0 Å². The van der Waals surface area contributed by atoms with Crippen LogP contribution in [0.1, 0.15) is 13.8 Å². The second kappa shape index (κ2) is 6.02. The minimum atomic E-state index is 0.0283. The molecule has 1 heteroatoms. The third-order valence-corrected chi connectivity index (χ3v) is 0.895. The molecule has 0 saturated carbocycles. The Labute approximate surface area is 61.8 Å². The summed E-state index contributed by atoms with van der Waals surface area (Å²) in [6.45, 7) is 3.73. The van der Waals surface area contributed by atoms with E-state index in [2.05, 4.69) is 0 Å². The van der Waals surface area contributed by atoms with E-state index in [1.54, 1.807) is 12.2 Å². The van der Waals surface area contributed by atoms with Gasteiger partial charge in [-0.25, -0.2) is 0 Å². The van der Waals surface area contributed by atoms with Crippen LogP contribution in [0, 0.1) is 0 Å². The van der Waals surface area contributed by atoms with Gasteiger partial charge in [0.15, 0.2) is 5.78 Å². The zero-order valence-corrected chi connectivity index (χ0v) is 6.37. The van der Waals surface area contributed by atoms with Crippen LogP contribution in [0.25, 0.3) is 0 Å². The average molecular weight is 136 g/mol. The normalized spacial score (nSPS) is 12.2. The summed E-state index contributed by atoms with van der Waals surface area (Å²) in [5.41, 5.74) is 0. The molecule has 0 fully saturated rings. The topological polar surface area (TPSA) is 17.1 Å². The van der Waals surface area contributed by atoms with Gasteiger partial charge < -0.3 is 0 Å². The van der Waals surface area contributed by atoms with Gasteiger partial charge in [0.25, 0.3) is 0 Å². The molecule has 0 saturated heterocycles. The summed E-state index contributed by atoms with van der Waals surface area (Å²) in [6.07, 6.45) is 10.2. The molecule has 0 N–H and O–H groups in total. The van der Waals surface area contributed by atoms with Crippen LogP contribution in [0.4, 0.5) is 0 Å². The maximum Gasteiger partial charge on any atom is 0.178 e. The Morgan fingerprint density at radius 3 is 2.20 bits per heavy atom. The Morgan fingerprint density at radius 1 is 1.00 bits per heavy atom. The Kier molecular flexibility index (Phi) is 5.35. The first-order chi connectivity index (χ1) is 4.81. The van der Waals surface area contributed by atoms with Gasteiger partial charge in [-0.1, -0.05) is 24.3 Å². The lowest BCUT2D eigenvalue weighted by Crippen LogP contribution is -1.82. The molecular formula is C9H12O. The van der Waals surface area contributed by atoms with Gasteiger partial charge in [-0.05, 0) is 26.0 Å². The Morgan fingerprint density at radius 2 is 1.70 bits per heavy atom. The second-order valence-corrected chi connectivity index (χ2v) is 1.79. The van der Waals surface area contributed by atoms with E-state index in [9.17, 15) is 4.79 Å². The predicted octanol–water partition coefficient (Wildman–Crippen LogP) is 2.26. The van der Waals surface area contributed by atoms with E-state index < -0.39 is 0 Å². The van der Waals surface area contributed by atoms with Crippen LogP contribution in [-0.2, 0) is 4.79 Å². The zero-order valence-electron chi connectivity index (χ0n) is 6.37. The molecule has 0 aliphatic heterocycles. The molecule has 10 heavy (non-hydrogen) atoms. The minimum Gasteiger partial charge on any atom is -0.290 e. The first kappa shape index (κ1) is 8.89. The number of ketones is 1. The van der Waals surface area contributed by atoms with E-state index in [1.165, 1.54) is 12.2 Å². The molecule has 0 unspecified atom stereocenters. The van der Waals surface area contributed by atoms with Crippen LogP contribution in [0.2, 0.25) is 0 Å². The van der Waals surface area contributed by atoms with Gasteiger partial charge in [-0.3, -0.25) is 4.79 Å². The van der Waals surface area contributed by atoms with Crippen LogP contribution in [0.3, 0.4) is 0 Å². The zero-order chi connectivity index (χ0) is 7.82. The fourth-order valence-electron chi connectivity index (χ4n) is 0.481. The fourth-order valence-corrected chi connectivity index (χ4v) is 0.481. The van der Waals surface area contributed by atoms with Crippen LogP contribution in [-0.4, -0.2) is 5.78 Å².